The number of likely N-dealkylation sites (tertiary alicyclic amines) is 1. The largest absolute Gasteiger partial charge is 0.384 e. The minimum Gasteiger partial charge on any atom is -0.384 e. The van der Waals surface area contributed by atoms with Gasteiger partial charge in [0.15, 0.2) is 0 Å². The second-order valence-corrected chi connectivity index (χ2v) is 6.42. The Labute approximate surface area is 127 Å². The number of nitrogens with one attached hydrogen (secondary N) is 1. The van der Waals surface area contributed by atoms with Gasteiger partial charge in [-0.1, -0.05) is 18.1 Å². The number of hydrogen-bond donors (Lipinski definition) is 2. The molecule has 3 rings (SSSR count). The van der Waals surface area contributed by atoms with Gasteiger partial charge in [0.1, 0.15) is 5.84 Å². The highest BCUT2D eigenvalue weighted by atomic mass is 15.3. The van der Waals surface area contributed by atoms with Crippen LogP contribution in [0.3, 0.4) is 0 Å². The third-order valence-corrected chi connectivity index (χ3v) is 4.85. The van der Waals surface area contributed by atoms with Gasteiger partial charge in [-0.2, -0.15) is 0 Å². The summed E-state index contributed by atoms with van der Waals surface area (Å²) in [7, 11) is 0. The second kappa shape index (κ2) is 6.06. The number of hydrogen-bond acceptors (Lipinski definition) is 3. The smallest absolute Gasteiger partial charge is 0.124 e. The molecule has 1 aromatic carbocycles. The molecule has 2 aliphatic heterocycles. The molecule has 4 nitrogen and oxygen atoms in total. The van der Waals surface area contributed by atoms with Crippen molar-refractivity contribution in [3.8, 4) is 0 Å². The number of benzene rings is 1. The van der Waals surface area contributed by atoms with E-state index in [0.29, 0.717) is 6.04 Å². The van der Waals surface area contributed by atoms with Crippen LogP contribution in [0.1, 0.15) is 36.8 Å². The summed E-state index contributed by atoms with van der Waals surface area (Å²) in [5.41, 5.74) is 8.95. The Balaban J connectivity index is 1.75. The van der Waals surface area contributed by atoms with Gasteiger partial charge in [-0.05, 0) is 51.4 Å². The first-order valence-corrected chi connectivity index (χ1v) is 8.09. The normalized spacial score (nSPS) is 23.5. The van der Waals surface area contributed by atoms with Crippen molar-refractivity contribution in [3.63, 3.8) is 0 Å². The first-order valence-electron chi connectivity index (χ1n) is 8.09. The number of nitrogen functional groups attached to an aromatic ring is 1. The zero-order valence-corrected chi connectivity index (χ0v) is 12.9. The molecule has 1 aromatic rings. The van der Waals surface area contributed by atoms with Crippen LogP contribution in [0, 0.1) is 12.3 Å². The summed E-state index contributed by atoms with van der Waals surface area (Å²) in [6.45, 7) is 6.71. The monoisotopic (exact) mass is 286 g/mol. The third-order valence-electron chi connectivity index (χ3n) is 4.85. The molecule has 0 amide bonds. The molecular formula is C17H26N4. The minimum absolute atomic E-state index is 0.176. The molecule has 21 heavy (non-hydrogen) atoms. The molecule has 0 aliphatic carbocycles. The van der Waals surface area contributed by atoms with E-state index >= 15 is 0 Å². The summed E-state index contributed by atoms with van der Waals surface area (Å²) in [6, 6.07) is 6.96. The van der Waals surface area contributed by atoms with Gasteiger partial charge < -0.3 is 10.6 Å². The SMILES string of the molecule is Cc1ccc(N2CCC(N3CCCCC3)C2)c(C(=N)N)c1. The molecule has 0 saturated carbocycles. The lowest BCUT2D eigenvalue weighted by Gasteiger charge is -2.32. The number of nitrogens with zero attached hydrogens (tertiary/aromatic N) is 2. The van der Waals surface area contributed by atoms with Gasteiger partial charge in [-0.25, -0.2) is 0 Å². The predicted octanol–water partition coefficient (Wildman–Crippen LogP) is 2.34. The zero-order valence-electron chi connectivity index (χ0n) is 12.9. The van der Waals surface area contributed by atoms with Gasteiger partial charge >= 0.3 is 0 Å². The molecule has 0 aromatic heterocycles. The lowest BCUT2D eigenvalue weighted by Crippen LogP contribution is -2.41. The molecule has 3 N–H and O–H groups in total. The molecule has 0 spiro atoms. The molecule has 0 bridgehead atoms. The fourth-order valence-corrected chi connectivity index (χ4v) is 3.68. The first-order chi connectivity index (χ1) is 10.1. The Bertz CT molecular complexity index is 520. The summed E-state index contributed by atoms with van der Waals surface area (Å²) < 4.78 is 0. The maximum absolute atomic E-state index is 7.82. The van der Waals surface area contributed by atoms with Gasteiger partial charge in [0.05, 0.1) is 0 Å². The topological polar surface area (TPSA) is 56.4 Å². The van der Waals surface area contributed by atoms with E-state index in [9.17, 15) is 0 Å². The molecule has 2 saturated heterocycles. The minimum atomic E-state index is 0.176. The van der Waals surface area contributed by atoms with Gasteiger partial charge in [0.2, 0.25) is 0 Å². The molecule has 1 unspecified atom stereocenters. The van der Waals surface area contributed by atoms with Crippen molar-refractivity contribution < 1.29 is 0 Å². The van der Waals surface area contributed by atoms with Crippen molar-refractivity contribution in [1.29, 1.82) is 5.41 Å². The lowest BCUT2D eigenvalue weighted by molar-refractivity contribution is 0.175. The van der Waals surface area contributed by atoms with E-state index < -0.39 is 0 Å². The van der Waals surface area contributed by atoms with E-state index in [2.05, 4.69) is 28.9 Å². The standard InChI is InChI=1S/C17H26N4/c1-13-5-6-16(15(11-13)17(18)19)21-10-7-14(12-21)20-8-3-2-4-9-20/h5-6,11,14H,2-4,7-10,12H2,1H3,(H3,18,19). The van der Waals surface area contributed by atoms with Crippen molar-refractivity contribution in [1.82, 2.24) is 4.90 Å². The zero-order chi connectivity index (χ0) is 14.8. The van der Waals surface area contributed by atoms with Crippen molar-refractivity contribution in [2.24, 2.45) is 5.73 Å². The highest BCUT2D eigenvalue weighted by Crippen LogP contribution is 2.28. The summed E-state index contributed by atoms with van der Waals surface area (Å²) in [6.07, 6.45) is 5.31. The second-order valence-electron chi connectivity index (χ2n) is 6.42. The summed E-state index contributed by atoms with van der Waals surface area (Å²) in [5, 5.41) is 7.82. The summed E-state index contributed by atoms with van der Waals surface area (Å²) in [5.74, 6) is 0.176. The van der Waals surface area contributed by atoms with Crippen LogP contribution >= 0.6 is 0 Å². The summed E-state index contributed by atoms with van der Waals surface area (Å²) in [4.78, 5) is 5.07. The number of piperidine rings is 1. The average Bonchev–Trinajstić information content (AvgIpc) is 2.97. The molecule has 2 heterocycles. The van der Waals surface area contributed by atoms with Crippen LogP contribution in [0.5, 0.6) is 0 Å². The van der Waals surface area contributed by atoms with E-state index in [1.807, 2.05) is 6.07 Å². The van der Waals surface area contributed by atoms with Crippen LogP contribution < -0.4 is 10.6 Å². The maximum atomic E-state index is 7.82. The molecule has 114 valence electrons. The average molecular weight is 286 g/mol. The van der Waals surface area contributed by atoms with E-state index in [4.69, 9.17) is 11.1 Å². The molecule has 2 fully saturated rings. The summed E-state index contributed by atoms with van der Waals surface area (Å²) >= 11 is 0. The van der Waals surface area contributed by atoms with E-state index in [0.717, 1.165) is 29.9 Å². The van der Waals surface area contributed by atoms with Gasteiger partial charge in [0.25, 0.3) is 0 Å². The third kappa shape index (κ3) is 3.05. The quantitative estimate of drug-likeness (QED) is 0.662. The van der Waals surface area contributed by atoms with Crippen molar-refractivity contribution in [2.75, 3.05) is 31.1 Å². The van der Waals surface area contributed by atoms with Crippen molar-refractivity contribution in [2.45, 2.75) is 38.6 Å². The molecule has 1 atom stereocenters. The Kier molecular flexibility index (Phi) is 4.15. The van der Waals surface area contributed by atoms with Gasteiger partial charge in [-0.15, -0.1) is 0 Å². The fraction of sp³-hybridized carbons (Fsp3) is 0.588. The highest BCUT2D eigenvalue weighted by Gasteiger charge is 2.29. The van der Waals surface area contributed by atoms with Crippen LogP contribution in [-0.2, 0) is 0 Å². The lowest BCUT2D eigenvalue weighted by atomic mass is 10.1. The molecular weight excluding hydrogens is 260 g/mol. The molecule has 2 aliphatic rings. The van der Waals surface area contributed by atoms with Gasteiger partial charge in [-0.3, -0.25) is 10.3 Å². The van der Waals surface area contributed by atoms with Crippen LogP contribution in [0.4, 0.5) is 5.69 Å². The Morgan fingerprint density at radius 2 is 1.95 bits per heavy atom. The van der Waals surface area contributed by atoms with E-state index in [1.165, 1.54) is 38.8 Å². The van der Waals surface area contributed by atoms with Crippen LogP contribution in [0.15, 0.2) is 18.2 Å². The highest BCUT2D eigenvalue weighted by molar-refractivity contribution is 6.00. The number of anilines is 1. The first kappa shape index (κ1) is 14.4. The fourth-order valence-electron chi connectivity index (χ4n) is 3.68. The Morgan fingerprint density at radius 1 is 1.19 bits per heavy atom. The number of aryl methyl sites for hydroxylation is 1. The molecule has 4 heteroatoms. The number of rotatable bonds is 3. The maximum Gasteiger partial charge on any atom is 0.124 e. The van der Waals surface area contributed by atoms with Gasteiger partial charge in [0, 0.05) is 30.4 Å². The Hall–Kier alpha value is -1.55. The Morgan fingerprint density at radius 3 is 2.67 bits per heavy atom. The van der Waals surface area contributed by atoms with Crippen LogP contribution in [0.25, 0.3) is 0 Å². The number of amidine groups is 1. The van der Waals surface area contributed by atoms with E-state index in [-0.39, 0.29) is 5.84 Å². The van der Waals surface area contributed by atoms with Crippen LogP contribution in [0.2, 0.25) is 0 Å². The predicted molar refractivity (Wildman–Crippen MR) is 88.2 cm³/mol. The molecule has 0 radical (unpaired) electrons. The van der Waals surface area contributed by atoms with Crippen molar-refractivity contribution >= 4 is 11.5 Å². The van der Waals surface area contributed by atoms with E-state index in [1.54, 1.807) is 0 Å². The number of nitrogens with two attached hydrogens (primary N) is 1. The van der Waals surface area contributed by atoms with Crippen LogP contribution in [-0.4, -0.2) is 43.0 Å². The van der Waals surface area contributed by atoms with Crippen molar-refractivity contribution in [3.05, 3.63) is 29.3 Å².